The zero-order valence-electron chi connectivity index (χ0n) is 59.7. The minimum absolute atomic E-state index is 0.107. The number of ether oxygens (including phenoxy) is 4. The van der Waals surface area contributed by atoms with Crippen molar-refractivity contribution in [2.75, 3.05) is 39.6 Å². The van der Waals surface area contributed by atoms with Gasteiger partial charge in [-0.2, -0.15) is 0 Å². The molecule has 0 aromatic rings. The van der Waals surface area contributed by atoms with Gasteiger partial charge in [-0.05, 0) is 31.6 Å². The maximum Gasteiger partial charge on any atom is 0.472 e. The van der Waals surface area contributed by atoms with Crippen molar-refractivity contribution in [3.05, 3.63) is 0 Å². The van der Waals surface area contributed by atoms with Crippen molar-refractivity contribution in [1.82, 2.24) is 0 Å². The molecule has 0 rings (SSSR count). The summed E-state index contributed by atoms with van der Waals surface area (Å²) in [5.74, 6) is -1.36. The van der Waals surface area contributed by atoms with E-state index in [1.165, 1.54) is 199 Å². The maximum absolute atomic E-state index is 13.0. The van der Waals surface area contributed by atoms with Crippen molar-refractivity contribution in [3.8, 4) is 0 Å². The Kier molecular flexibility index (Phi) is 64.9. The highest BCUT2D eigenvalue weighted by Crippen LogP contribution is 2.45. The highest BCUT2D eigenvalue weighted by atomic mass is 31.2. The van der Waals surface area contributed by atoms with Crippen LogP contribution in [0.25, 0.3) is 0 Å². The van der Waals surface area contributed by atoms with Crippen molar-refractivity contribution in [3.63, 3.8) is 0 Å². The van der Waals surface area contributed by atoms with Crippen LogP contribution in [0.2, 0.25) is 0 Å². The molecule has 3 N–H and O–H groups in total. The Hall–Kier alpha value is -1.94. The fourth-order valence-corrected chi connectivity index (χ4v) is 12.8. The van der Waals surface area contributed by atoms with Crippen molar-refractivity contribution in [1.29, 1.82) is 0 Å². The van der Waals surface area contributed by atoms with E-state index in [-0.39, 0.29) is 25.7 Å². The largest absolute Gasteiger partial charge is 0.472 e. The molecule has 0 aliphatic heterocycles. The van der Waals surface area contributed by atoms with E-state index >= 15 is 0 Å². The molecule has 17 nitrogen and oxygen atoms in total. The molecule has 0 aromatic heterocycles. The molecule has 0 saturated heterocycles. The van der Waals surface area contributed by atoms with Crippen LogP contribution in [0.5, 0.6) is 0 Å². The first-order valence-electron chi connectivity index (χ1n) is 38.1. The van der Waals surface area contributed by atoms with Gasteiger partial charge in [-0.1, -0.05) is 330 Å². The Morgan fingerprint density at radius 1 is 0.293 bits per heavy atom. The maximum atomic E-state index is 13.0. The van der Waals surface area contributed by atoms with Crippen LogP contribution in [0.1, 0.15) is 381 Å². The zero-order valence-corrected chi connectivity index (χ0v) is 61.5. The summed E-state index contributed by atoms with van der Waals surface area (Å²) in [5, 5.41) is 10.6. The van der Waals surface area contributed by atoms with Crippen LogP contribution in [0.15, 0.2) is 0 Å². The van der Waals surface area contributed by atoms with E-state index in [1.54, 1.807) is 0 Å². The topological polar surface area (TPSA) is 237 Å². The third kappa shape index (κ3) is 66.7. The van der Waals surface area contributed by atoms with Crippen LogP contribution in [0.4, 0.5) is 0 Å². The van der Waals surface area contributed by atoms with E-state index in [0.29, 0.717) is 25.7 Å². The number of carbonyl (C=O) groups is 4. The molecule has 5 atom stereocenters. The minimum atomic E-state index is -4.95. The molecule has 92 heavy (non-hydrogen) atoms. The molecule has 0 fully saturated rings. The molecule has 0 aromatic carbocycles. The van der Waals surface area contributed by atoms with Crippen molar-refractivity contribution >= 4 is 39.5 Å². The number of aliphatic hydroxyl groups excluding tert-OH is 1. The molecule has 0 heterocycles. The van der Waals surface area contributed by atoms with Gasteiger partial charge in [-0.25, -0.2) is 9.13 Å². The first-order valence-corrected chi connectivity index (χ1v) is 41.1. The standard InChI is InChI=1S/C73H142O17P2/c1-6-9-12-15-17-19-21-23-24-25-26-27-28-29-31-35-40-44-49-54-59-73(78)90-69(63-84-71(76)57-52-47-42-38-36-32-33-37-41-46-50-55-66(4)5)65-88-92(81,82)86-61-67(74)60-85-91(79,80)87-64-68(62-83-70(75)56-51-45-14-11-8-3)89-72(77)58-53-48-43-39-34-30-22-20-18-16-13-10-7-2/h66-69,74H,6-65H2,1-5H3,(H,79,80)(H,81,82)/t67-,68+,69+/m0/s1. The summed E-state index contributed by atoms with van der Waals surface area (Å²) in [6, 6.07) is 0. The SMILES string of the molecule is CCCCCCCCCCCCCCCCCCCCCCC(=O)O[C@H](COC(=O)CCCCCCCCCCCCCC(C)C)COP(=O)(O)OC[C@@H](O)COP(=O)(O)OC[C@@H](COC(=O)CCCCCCC)OC(=O)CCCCCCCCCCCCCCC. The molecule has 0 amide bonds. The Morgan fingerprint density at radius 2 is 0.500 bits per heavy atom. The lowest BCUT2D eigenvalue weighted by molar-refractivity contribution is -0.161. The molecular weight excluding hydrogens is 1210 g/mol. The molecule has 0 spiro atoms. The molecule has 0 saturated carbocycles. The second-order valence-electron chi connectivity index (χ2n) is 26.8. The smallest absolute Gasteiger partial charge is 0.462 e. The summed E-state index contributed by atoms with van der Waals surface area (Å²) >= 11 is 0. The predicted molar refractivity (Wildman–Crippen MR) is 372 cm³/mol. The Morgan fingerprint density at radius 3 is 0.739 bits per heavy atom. The quantitative estimate of drug-likeness (QED) is 0.0222. The number of aliphatic hydroxyl groups is 1. The van der Waals surface area contributed by atoms with Gasteiger partial charge in [0.1, 0.15) is 19.3 Å². The van der Waals surface area contributed by atoms with Gasteiger partial charge in [-0.3, -0.25) is 37.3 Å². The molecule has 0 radical (unpaired) electrons. The summed E-state index contributed by atoms with van der Waals surface area (Å²) in [6.07, 6.45) is 54.5. The normalized spacial score (nSPS) is 14.0. The fraction of sp³-hybridized carbons (Fsp3) is 0.945. The summed E-state index contributed by atoms with van der Waals surface area (Å²) in [4.78, 5) is 72.4. The third-order valence-electron chi connectivity index (χ3n) is 17.0. The minimum Gasteiger partial charge on any atom is -0.462 e. The van der Waals surface area contributed by atoms with Gasteiger partial charge in [0, 0.05) is 25.7 Å². The summed E-state index contributed by atoms with van der Waals surface area (Å²) in [6.45, 7) is 7.19. The Bertz CT molecular complexity index is 1770. The van der Waals surface area contributed by atoms with Crippen molar-refractivity contribution < 1.29 is 80.2 Å². The number of rotatable bonds is 73. The average molecular weight is 1350 g/mol. The lowest BCUT2D eigenvalue weighted by Crippen LogP contribution is -2.30. The monoisotopic (exact) mass is 1350 g/mol. The third-order valence-corrected chi connectivity index (χ3v) is 18.9. The van der Waals surface area contributed by atoms with E-state index in [1.807, 2.05) is 0 Å². The lowest BCUT2D eigenvalue weighted by Gasteiger charge is -2.21. The molecule has 0 aliphatic rings. The number of phosphoric ester groups is 2. The van der Waals surface area contributed by atoms with Crippen molar-refractivity contribution in [2.45, 2.75) is 400 Å². The van der Waals surface area contributed by atoms with Crippen LogP contribution in [-0.2, 0) is 65.4 Å². The van der Waals surface area contributed by atoms with E-state index in [2.05, 4.69) is 34.6 Å². The lowest BCUT2D eigenvalue weighted by atomic mass is 10.0. The van der Waals surface area contributed by atoms with Crippen LogP contribution in [0.3, 0.4) is 0 Å². The summed E-state index contributed by atoms with van der Waals surface area (Å²) < 4.78 is 68.2. The van der Waals surface area contributed by atoms with Gasteiger partial charge in [0.15, 0.2) is 12.2 Å². The van der Waals surface area contributed by atoms with E-state index in [4.69, 9.17) is 37.0 Å². The van der Waals surface area contributed by atoms with Gasteiger partial charge < -0.3 is 33.8 Å². The second-order valence-corrected chi connectivity index (χ2v) is 29.7. The van der Waals surface area contributed by atoms with Crippen LogP contribution in [0, 0.1) is 5.92 Å². The first-order chi connectivity index (χ1) is 44.5. The van der Waals surface area contributed by atoms with E-state index in [9.17, 15) is 43.2 Å². The van der Waals surface area contributed by atoms with Crippen LogP contribution >= 0.6 is 15.6 Å². The van der Waals surface area contributed by atoms with Gasteiger partial charge in [0.2, 0.25) is 0 Å². The molecule has 19 heteroatoms. The van der Waals surface area contributed by atoms with Gasteiger partial charge in [-0.15, -0.1) is 0 Å². The number of phosphoric acid groups is 2. The van der Waals surface area contributed by atoms with Crippen LogP contribution in [-0.4, -0.2) is 96.7 Å². The predicted octanol–water partition coefficient (Wildman–Crippen LogP) is 21.3. The first kappa shape index (κ1) is 90.1. The summed E-state index contributed by atoms with van der Waals surface area (Å²) in [7, 11) is -9.89. The highest BCUT2D eigenvalue weighted by Gasteiger charge is 2.30. The number of hydrogen-bond acceptors (Lipinski definition) is 15. The Balaban J connectivity index is 5.13. The average Bonchev–Trinajstić information content (AvgIpc) is 3.69. The zero-order chi connectivity index (χ0) is 67.7. The molecule has 0 bridgehead atoms. The number of unbranched alkanes of at least 4 members (excludes halogenated alkanes) is 45. The molecule has 0 aliphatic carbocycles. The van der Waals surface area contributed by atoms with Gasteiger partial charge >= 0.3 is 39.5 Å². The molecule has 546 valence electrons. The summed E-state index contributed by atoms with van der Waals surface area (Å²) in [5.41, 5.74) is 0. The highest BCUT2D eigenvalue weighted by molar-refractivity contribution is 7.47. The van der Waals surface area contributed by atoms with E-state index in [0.717, 1.165) is 102 Å². The van der Waals surface area contributed by atoms with E-state index < -0.39 is 97.5 Å². The van der Waals surface area contributed by atoms with Crippen molar-refractivity contribution in [2.24, 2.45) is 5.92 Å². The van der Waals surface area contributed by atoms with Crippen LogP contribution < -0.4 is 0 Å². The van der Waals surface area contributed by atoms with Gasteiger partial charge in [0.05, 0.1) is 26.4 Å². The fourth-order valence-electron chi connectivity index (χ4n) is 11.2. The number of carbonyl (C=O) groups excluding carboxylic acids is 4. The number of esters is 4. The second kappa shape index (κ2) is 66.3. The Labute approximate surface area is 562 Å². The van der Waals surface area contributed by atoms with Gasteiger partial charge in [0.25, 0.3) is 0 Å². The molecule has 2 unspecified atom stereocenters. The molecular formula is C73H142O17P2. The number of hydrogen-bond donors (Lipinski definition) is 3.